The normalized spacial score (nSPS) is 10.7. The first-order chi connectivity index (χ1) is 10.7. The Hall–Kier alpha value is -2.51. The minimum absolute atomic E-state index is 0.0764. The number of benzene rings is 1. The second-order valence-electron chi connectivity index (χ2n) is 4.45. The first kappa shape index (κ1) is 15.9. The maximum absolute atomic E-state index is 11.9. The van der Waals surface area contributed by atoms with Crippen molar-refractivity contribution in [2.45, 2.75) is 6.29 Å². The maximum Gasteiger partial charge on any atom is 0.313 e. The van der Waals surface area contributed by atoms with Crippen LogP contribution >= 0.6 is 0 Å². The summed E-state index contributed by atoms with van der Waals surface area (Å²) in [7, 11) is 2.89. The summed E-state index contributed by atoms with van der Waals surface area (Å²) in [6.07, 6.45) is 1.02. The molecular weight excluding hydrogens is 286 g/mol. The third kappa shape index (κ3) is 3.78. The summed E-state index contributed by atoms with van der Waals surface area (Å²) in [6.45, 7) is 0.0764. The van der Waals surface area contributed by atoms with Gasteiger partial charge in [0.05, 0.1) is 17.7 Å². The number of carbonyl (C=O) groups is 2. The van der Waals surface area contributed by atoms with E-state index in [0.29, 0.717) is 11.2 Å². The fourth-order valence-electron chi connectivity index (χ4n) is 1.90. The Morgan fingerprint density at radius 1 is 1.14 bits per heavy atom. The van der Waals surface area contributed by atoms with Crippen LogP contribution in [-0.4, -0.2) is 43.9 Å². The van der Waals surface area contributed by atoms with E-state index >= 15 is 0 Å². The number of hydrogen-bond acceptors (Lipinski definition) is 5. The lowest BCUT2D eigenvalue weighted by Crippen LogP contribution is -2.40. The van der Waals surface area contributed by atoms with Crippen LogP contribution < -0.4 is 10.6 Å². The Morgan fingerprint density at radius 2 is 1.86 bits per heavy atom. The number of para-hydroxylation sites is 1. The molecule has 0 radical (unpaired) electrons. The lowest BCUT2D eigenvalue weighted by Gasteiger charge is -2.14. The molecule has 0 bridgehead atoms. The second-order valence-corrected chi connectivity index (χ2v) is 4.45. The highest BCUT2D eigenvalue weighted by molar-refractivity contribution is 6.40. The van der Waals surface area contributed by atoms with Crippen molar-refractivity contribution >= 4 is 28.4 Å². The Morgan fingerprint density at radius 3 is 2.59 bits per heavy atom. The number of aromatic nitrogens is 1. The van der Waals surface area contributed by atoms with Gasteiger partial charge in [0, 0.05) is 25.8 Å². The molecule has 2 amide bonds. The van der Waals surface area contributed by atoms with E-state index in [4.69, 9.17) is 9.47 Å². The number of nitrogens with zero attached hydrogens (tertiary/aromatic N) is 1. The molecule has 116 valence electrons. The highest BCUT2D eigenvalue weighted by atomic mass is 16.7. The van der Waals surface area contributed by atoms with Crippen molar-refractivity contribution in [2.24, 2.45) is 0 Å². The van der Waals surface area contributed by atoms with Gasteiger partial charge in [0.15, 0.2) is 6.29 Å². The molecule has 0 aliphatic heterocycles. The summed E-state index contributed by atoms with van der Waals surface area (Å²) < 4.78 is 9.85. The van der Waals surface area contributed by atoms with Crippen LogP contribution in [0.5, 0.6) is 0 Å². The smallest absolute Gasteiger partial charge is 0.313 e. The number of rotatable bonds is 5. The molecular formula is C15H17N3O4. The number of nitrogens with one attached hydrogen (secondary N) is 2. The van der Waals surface area contributed by atoms with Gasteiger partial charge in [-0.3, -0.25) is 14.6 Å². The lowest BCUT2D eigenvalue weighted by molar-refractivity contribution is -0.139. The molecule has 0 unspecified atom stereocenters. The minimum atomic E-state index is -0.774. The van der Waals surface area contributed by atoms with Gasteiger partial charge < -0.3 is 20.1 Å². The van der Waals surface area contributed by atoms with E-state index in [0.717, 1.165) is 5.39 Å². The minimum Gasteiger partial charge on any atom is -0.354 e. The number of fused-ring (bicyclic) bond motifs is 1. The van der Waals surface area contributed by atoms with Crippen molar-refractivity contribution in [1.29, 1.82) is 0 Å². The molecule has 0 saturated carbocycles. The summed E-state index contributed by atoms with van der Waals surface area (Å²) in [5.74, 6) is -1.55. The van der Waals surface area contributed by atoms with Gasteiger partial charge in [-0.05, 0) is 12.1 Å². The molecule has 0 spiro atoms. The summed E-state index contributed by atoms with van der Waals surface area (Å²) in [6, 6.07) is 9.02. The largest absolute Gasteiger partial charge is 0.354 e. The summed E-state index contributed by atoms with van der Waals surface area (Å²) in [5, 5.41) is 5.86. The van der Waals surface area contributed by atoms with E-state index in [-0.39, 0.29) is 6.54 Å². The van der Waals surface area contributed by atoms with Gasteiger partial charge >= 0.3 is 11.8 Å². The van der Waals surface area contributed by atoms with Gasteiger partial charge in [0.1, 0.15) is 0 Å². The standard InChI is InChI=1S/C15H17N3O4/c1-21-12(22-2)9-17-14(19)15(20)18-11-7-3-5-10-6-4-8-16-13(10)11/h3-8,12H,9H2,1-2H3,(H,17,19)(H,18,20). The van der Waals surface area contributed by atoms with Crippen LogP contribution in [0.4, 0.5) is 5.69 Å². The monoisotopic (exact) mass is 303 g/mol. The lowest BCUT2D eigenvalue weighted by atomic mass is 10.2. The third-order valence-corrected chi connectivity index (χ3v) is 3.04. The Kier molecular flexibility index (Phi) is 5.40. The van der Waals surface area contributed by atoms with Crippen LogP contribution in [-0.2, 0) is 19.1 Å². The second kappa shape index (κ2) is 7.48. The topological polar surface area (TPSA) is 89.5 Å². The highest BCUT2D eigenvalue weighted by Crippen LogP contribution is 2.20. The Balaban J connectivity index is 2.03. The molecule has 0 aliphatic rings. The van der Waals surface area contributed by atoms with Crippen LogP contribution in [0.15, 0.2) is 36.5 Å². The van der Waals surface area contributed by atoms with Crippen molar-refractivity contribution in [3.63, 3.8) is 0 Å². The zero-order valence-electron chi connectivity index (χ0n) is 12.3. The van der Waals surface area contributed by atoms with E-state index in [1.165, 1.54) is 14.2 Å². The van der Waals surface area contributed by atoms with E-state index in [2.05, 4.69) is 15.6 Å². The summed E-state index contributed by atoms with van der Waals surface area (Å²) in [5.41, 5.74) is 1.10. The first-order valence-corrected chi connectivity index (χ1v) is 6.64. The van der Waals surface area contributed by atoms with Gasteiger partial charge in [0.2, 0.25) is 0 Å². The number of carbonyl (C=O) groups excluding carboxylic acids is 2. The molecule has 2 aromatic rings. The molecule has 0 aliphatic carbocycles. The van der Waals surface area contributed by atoms with E-state index in [9.17, 15) is 9.59 Å². The molecule has 7 heteroatoms. The Bertz CT molecular complexity index is 665. The molecule has 7 nitrogen and oxygen atoms in total. The van der Waals surface area contributed by atoms with Crippen molar-refractivity contribution in [2.75, 3.05) is 26.1 Å². The molecule has 2 rings (SSSR count). The number of hydrogen-bond donors (Lipinski definition) is 2. The van der Waals surface area contributed by atoms with Gasteiger partial charge in [-0.25, -0.2) is 0 Å². The molecule has 1 aromatic carbocycles. The molecule has 1 heterocycles. The molecule has 0 atom stereocenters. The zero-order valence-corrected chi connectivity index (χ0v) is 12.3. The SMILES string of the molecule is COC(CNC(=O)C(=O)Nc1cccc2cccnc12)OC. The fraction of sp³-hybridized carbons (Fsp3) is 0.267. The van der Waals surface area contributed by atoms with Crippen LogP contribution in [0.1, 0.15) is 0 Å². The molecule has 22 heavy (non-hydrogen) atoms. The molecule has 1 aromatic heterocycles. The van der Waals surface area contributed by atoms with Gasteiger partial charge in [-0.15, -0.1) is 0 Å². The van der Waals surface area contributed by atoms with E-state index in [1.807, 2.05) is 12.1 Å². The number of anilines is 1. The first-order valence-electron chi connectivity index (χ1n) is 6.64. The van der Waals surface area contributed by atoms with Gasteiger partial charge in [-0.2, -0.15) is 0 Å². The maximum atomic E-state index is 11.9. The summed E-state index contributed by atoms with van der Waals surface area (Å²) >= 11 is 0. The molecule has 0 fully saturated rings. The molecule has 2 N–H and O–H groups in total. The van der Waals surface area contributed by atoms with Gasteiger partial charge in [0.25, 0.3) is 0 Å². The van der Waals surface area contributed by atoms with E-state index < -0.39 is 18.1 Å². The highest BCUT2D eigenvalue weighted by Gasteiger charge is 2.16. The predicted molar refractivity (Wildman–Crippen MR) is 81.2 cm³/mol. The van der Waals surface area contributed by atoms with Crippen LogP contribution in [0, 0.1) is 0 Å². The number of methoxy groups -OCH3 is 2. The van der Waals surface area contributed by atoms with Gasteiger partial charge in [-0.1, -0.05) is 18.2 Å². The van der Waals surface area contributed by atoms with E-state index in [1.54, 1.807) is 24.4 Å². The van der Waals surface area contributed by atoms with Crippen molar-refractivity contribution in [3.05, 3.63) is 36.5 Å². The number of amides is 2. The van der Waals surface area contributed by atoms with Crippen molar-refractivity contribution < 1.29 is 19.1 Å². The average molecular weight is 303 g/mol. The summed E-state index contributed by atoms with van der Waals surface area (Å²) in [4.78, 5) is 27.9. The van der Waals surface area contributed by atoms with Crippen LogP contribution in [0.2, 0.25) is 0 Å². The quantitative estimate of drug-likeness (QED) is 0.633. The van der Waals surface area contributed by atoms with Crippen molar-refractivity contribution in [1.82, 2.24) is 10.3 Å². The van der Waals surface area contributed by atoms with Crippen LogP contribution in [0.3, 0.4) is 0 Å². The zero-order chi connectivity index (χ0) is 15.9. The third-order valence-electron chi connectivity index (χ3n) is 3.04. The van der Waals surface area contributed by atoms with Crippen LogP contribution in [0.25, 0.3) is 10.9 Å². The number of ether oxygens (including phenoxy) is 2. The average Bonchev–Trinajstić information content (AvgIpc) is 2.56. The Labute approximate surface area is 127 Å². The molecule has 0 saturated heterocycles. The fourth-order valence-corrected chi connectivity index (χ4v) is 1.90. The predicted octanol–water partition coefficient (Wildman–Crippen LogP) is 0.908. The van der Waals surface area contributed by atoms with Crippen molar-refractivity contribution in [3.8, 4) is 0 Å². The number of pyridine rings is 1.